The van der Waals surface area contributed by atoms with Crippen LogP contribution in [0.3, 0.4) is 0 Å². The molecule has 238 valence electrons. The standard InChI is InChI=1S/C46H29N5/c1-2-14-30(15-3-1)49-39-22-8-6-18-33(39)35-28-36-34-19-7-11-25-42(34)51(44(36)29-43(35)49)46-27-13-21-38(48-46)37-20-12-26-45(47-37)50-40-23-9-4-16-31(40)32-17-5-10-24-41(32)50/h1-29H. The molecule has 0 saturated carbocycles. The van der Waals surface area contributed by atoms with Gasteiger partial charge in [0.25, 0.3) is 0 Å². The van der Waals surface area contributed by atoms with Gasteiger partial charge in [0.2, 0.25) is 0 Å². The number of hydrogen-bond donors (Lipinski definition) is 0. The van der Waals surface area contributed by atoms with Gasteiger partial charge in [0.1, 0.15) is 11.6 Å². The first-order valence-electron chi connectivity index (χ1n) is 17.3. The molecule has 0 aliphatic rings. The second-order valence-corrected chi connectivity index (χ2v) is 13.1. The number of benzene rings is 6. The predicted molar refractivity (Wildman–Crippen MR) is 210 cm³/mol. The van der Waals surface area contributed by atoms with Crippen molar-refractivity contribution in [1.29, 1.82) is 0 Å². The van der Waals surface area contributed by atoms with E-state index in [0.717, 1.165) is 56.3 Å². The van der Waals surface area contributed by atoms with Crippen LogP contribution in [0.1, 0.15) is 0 Å². The van der Waals surface area contributed by atoms with Crippen molar-refractivity contribution in [2.75, 3.05) is 0 Å². The summed E-state index contributed by atoms with van der Waals surface area (Å²) in [5, 5.41) is 7.30. The number of para-hydroxylation sites is 5. The summed E-state index contributed by atoms with van der Waals surface area (Å²) in [5.74, 6) is 1.72. The molecule has 6 aromatic carbocycles. The quantitative estimate of drug-likeness (QED) is 0.190. The summed E-state index contributed by atoms with van der Waals surface area (Å²) in [6, 6.07) is 62.2. The molecule has 51 heavy (non-hydrogen) atoms. The molecule has 5 heteroatoms. The lowest BCUT2D eigenvalue weighted by atomic mass is 10.1. The van der Waals surface area contributed by atoms with Crippen molar-refractivity contribution in [3.63, 3.8) is 0 Å². The Morgan fingerprint density at radius 2 is 0.667 bits per heavy atom. The third-order valence-corrected chi connectivity index (χ3v) is 10.2. The van der Waals surface area contributed by atoms with Crippen molar-refractivity contribution in [3.05, 3.63) is 176 Å². The lowest BCUT2D eigenvalue weighted by molar-refractivity contribution is 1.06. The molecule has 5 aromatic heterocycles. The first kappa shape index (κ1) is 27.9. The highest BCUT2D eigenvalue weighted by Gasteiger charge is 2.19. The Bertz CT molecular complexity index is 3090. The molecular weight excluding hydrogens is 623 g/mol. The normalized spacial score (nSPS) is 11.9. The van der Waals surface area contributed by atoms with Crippen LogP contribution in [-0.2, 0) is 0 Å². The summed E-state index contributed by atoms with van der Waals surface area (Å²) < 4.78 is 6.93. The first-order valence-corrected chi connectivity index (χ1v) is 17.3. The van der Waals surface area contributed by atoms with Gasteiger partial charge in [0.05, 0.1) is 44.5 Å². The largest absolute Gasteiger partial charge is 0.309 e. The maximum Gasteiger partial charge on any atom is 0.138 e. The van der Waals surface area contributed by atoms with Gasteiger partial charge in [-0.15, -0.1) is 0 Å². The lowest BCUT2D eigenvalue weighted by Gasteiger charge is -2.11. The monoisotopic (exact) mass is 651 g/mol. The van der Waals surface area contributed by atoms with Gasteiger partial charge in [-0.25, -0.2) is 9.97 Å². The second kappa shape index (κ2) is 10.8. The van der Waals surface area contributed by atoms with Crippen LogP contribution in [0.25, 0.3) is 94.1 Å². The van der Waals surface area contributed by atoms with Crippen LogP contribution >= 0.6 is 0 Å². The predicted octanol–water partition coefficient (Wildman–Crippen LogP) is 11.4. The summed E-state index contributed by atoms with van der Waals surface area (Å²) >= 11 is 0. The molecule has 0 fully saturated rings. The van der Waals surface area contributed by atoms with E-state index in [4.69, 9.17) is 9.97 Å². The summed E-state index contributed by atoms with van der Waals surface area (Å²) in [5.41, 5.74) is 9.63. The minimum Gasteiger partial charge on any atom is -0.309 e. The van der Waals surface area contributed by atoms with E-state index in [1.54, 1.807) is 0 Å². The van der Waals surface area contributed by atoms with Crippen LogP contribution in [0.2, 0.25) is 0 Å². The van der Waals surface area contributed by atoms with Crippen LogP contribution in [0.5, 0.6) is 0 Å². The summed E-state index contributed by atoms with van der Waals surface area (Å²) in [7, 11) is 0. The Morgan fingerprint density at radius 3 is 1.18 bits per heavy atom. The maximum absolute atomic E-state index is 5.32. The number of nitrogens with zero attached hydrogens (tertiary/aromatic N) is 5. The highest BCUT2D eigenvalue weighted by atomic mass is 15.1. The summed E-state index contributed by atoms with van der Waals surface area (Å²) in [6.45, 7) is 0. The van der Waals surface area contributed by atoms with Gasteiger partial charge >= 0.3 is 0 Å². The summed E-state index contributed by atoms with van der Waals surface area (Å²) in [4.78, 5) is 10.6. The molecule has 0 bridgehead atoms. The zero-order valence-electron chi connectivity index (χ0n) is 27.5. The van der Waals surface area contributed by atoms with Crippen molar-refractivity contribution in [3.8, 4) is 28.7 Å². The van der Waals surface area contributed by atoms with Gasteiger partial charge in [-0.2, -0.15) is 0 Å². The average Bonchev–Trinajstić information content (AvgIpc) is 3.83. The number of pyridine rings is 2. The smallest absolute Gasteiger partial charge is 0.138 e. The molecule has 0 aliphatic heterocycles. The Kier molecular flexibility index (Phi) is 5.89. The molecule has 5 heterocycles. The minimum absolute atomic E-state index is 0.820. The molecule has 0 N–H and O–H groups in total. The van der Waals surface area contributed by atoms with Gasteiger partial charge < -0.3 is 4.57 Å². The van der Waals surface area contributed by atoms with E-state index in [1.165, 1.54) is 37.8 Å². The molecule has 0 atom stereocenters. The van der Waals surface area contributed by atoms with Crippen molar-refractivity contribution in [2.24, 2.45) is 0 Å². The Hall–Kier alpha value is -6.98. The van der Waals surface area contributed by atoms with Crippen molar-refractivity contribution < 1.29 is 0 Å². The molecule has 0 spiro atoms. The molecule has 0 saturated heterocycles. The Labute approximate surface area is 292 Å². The van der Waals surface area contributed by atoms with E-state index < -0.39 is 0 Å². The maximum atomic E-state index is 5.32. The van der Waals surface area contributed by atoms with Gasteiger partial charge in [-0.3, -0.25) is 9.13 Å². The molecule has 0 aliphatic carbocycles. The molecule has 0 amide bonds. The van der Waals surface area contributed by atoms with E-state index in [0.29, 0.717) is 0 Å². The topological polar surface area (TPSA) is 40.6 Å². The number of aromatic nitrogens is 5. The zero-order chi connectivity index (χ0) is 33.5. The van der Waals surface area contributed by atoms with Crippen LogP contribution in [0, 0.1) is 0 Å². The van der Waals surface area contributed by atoms with Crippen molar-refractivity contribution in [1.82, 2.24) is 23.7 Å². The summed E-state index contributed by atoms with van der Waals surface area (Å²) in [6.07, 6.45) is 0. The molecule has 11 rings (SSSR count). The fraction of sp³-hybridized carbons (Fsp3) is 0. The fourth-order valence-electron chi connectivity index (χ4n) is 8.08. The van der Waals surface area contributed by atoms with Crippen LogP contribution in [0.4, 0.5) is 0 Å². The minimum atomic E-state index is 0.820. The molecule has 0 unspecified atom stereocenters. The SMILES string of the molecule is c1ccc(-n2c3ccccc3c3cc4c5ccccc5n(-c5cccc(-c6cccc(-n7c8ccccc8c8ccccc87)n6)n5)c4cc32)cc1. The van der Waals surface area contributed by atoms with Crippen LogP contribution in [0.15, 0.2) is 176 Å². The molecule has 0 radical (unpaired) electrons. The third-order valence-electron chi connectivity index (χ3n) is 10.2. The van der Waals surface area contributed by atoms with Gasteiger partial charge in [0, 0.05) is 38.0 Å². The highest BCUT2D eigenvalue weighted by molar-refractivity contribution is 6.19. The molecule has 5 nitrogen and oxygen atoms in total. The van der Waals surface area contributed by atoms with E-state index in [1.807, 2.05) is 0 Å². The average molecular weight is 652 g/mol. The molecular formula is C46H29N5. The number of fused-ring (bicyclic) bond motifs is 9. The van der Waals surface area contributed by atoms with Gasteiger partial charge in [-0.05, 0) is 72.8 Å². The van der Waals surface area contributed by atoms with E-state index >= 15 is 0 Å². The highest BCUT2D eigenvalue weighted by Crippen LogP contribution is 2.39. The fourth-order valence-corrected chi connectivity index (χ4v) is 8.08. The zero-order valence-corrected chi connectivity index (χ0v) is 27.5. The lowest BCUT2D eigenvalue weighted by Crippen LogP contribution is -2.01. The third kappa shape index (κ3) is 4.09. The first-order chi connectivity index (χ1) is 25.3. The van der Waals surface area contributed by atoms with Gasteiger partial charge in [-0.1, -0.05) is 103 Å². The second-order valence-electron chi connectivity index (χ2n) is 13.1. The Morgan fingerprint density at radius 1 is 0.275 bits per heavy atom. The Balaban J connectivity index is 1.13. The van der Waals surface area contributed by atoms with E-state index in [9.17, 15) is 0 Å². The van der Waals surface area contributed by atoms with Gasteiger partial charge in [0.15, 0.2) is 0 Å². The van der Waals surface area contributed by atoms with Crippen LogP contribution in [-0.4, -0.2) is 23.7 Å². The number of rotatable bonds is 4. The van der Waals surface area contributed by atoms with Crippen LogP contribution < -0.4 is 0 Å². The molecule has 11 aromatic rings. The van der Waals surface area contributed by atoms with E-state index in [2.05, 4.69) is 190 Å². The van der Waals surface area contributed by atoms with Crippen molar-refractivity contribution in [2.45, 2.75) is 0 Å². The van der Waals surface area contributed by atoms with Crippen molar-refractivity contribution >= 4 is 65.4 Å². The van der Waals surface area contributed by atoms with E-state index in [-0.39, 0.29) is 0 Å². The number of hydrogen-bond acceptors (Lipinski definition) is 2.